The Morgan fingerprint density at radius 3 is 2.27 bits per heavy atom. The van der Waals surface area contributed by atoms with Gasteiger partial charge in [0.2, 0.25) is 11.8 Å². The number of carbonyl (C=O) groups excluding carboxylic acids is 2. The van der Waals surface area contributed by atoms with Gasteiger partial charge in [-0.15, -0.1) is 0 Å². The topological polar surface area (TPSA) is 58.6 Å². The van der Waals surface area contributed by atoms with Crippen LogP contribution in [0.5, 0.6) is 5.75 Å². The Morgan fingerprint density at radius 2 is 1.62 bits per heavy atom. The van der Waals surface area contributed by atoms with Crippen molar-refractivity contribution in [2.24, 2.45) is 0 Å². The Bertz CT molecular complexity index is 1120. The molecular weight excluding hydrogens is 528 g/mol. The van der Waals surface area contributed by atoms with E-state index in [-0.39, 0.29) is 17.9 Å². The van der Waals surface area contributed by atoms with Crippen molar-refractivity contribution in [3.05, 3.63) is 100 Å². The first-order chi connectivity index (χ1) is 17.9. The molecular formula is C31H37BrN2O3. The Morgan fingerprint density at radius 1 is 0.946 bits per heavy atom. The smallest absolute Gasteiger partial charge is 0.243 e. The van der Waals surface area contributed by atoms with Crippen LogP contribution in [0.15, 0.2) is 83.3 Å². The largest absolute Gasteiger partial charge is 0.494 e. The summed E-state index contributed by atoms with van der Waals surface area (Å²) in [5.74, 6) is 0.606. The second kappa shape index (κ2) is 14.6. The molecule has 0 unspecified atom stereocenters. The van der Waals surface area contributed by atoms with E-state index in [1.165, 1.54) is 5.56 Å². The molecule has 6 heteroatoms. The molecule has 0 aliphatic carbocycles. The van der Waals surface area contributed by atoms with Gasteiger partial charge >= 0.3 is 0 Å². The highest BCUT2D eigenvalue weighted by Gasteiger charge is 2.30. The van der Waals surface area contributed by atoms with E-state index in [0.717, 1.165) is 27.8 Å². The monoisotopic (exact) mass is 564 g/mol. The minimum atomic E-state index is -0.620. The molecule has 2 amide bonds. The zero-order valence-corrected chi connectivity index (χ0v) is 23.5. The number of halogens is 1. The van der Waals surface area contributed by atoms with E-state index in [1.807, 2.05) is 99.6 Å². The van der Waals surface area contributed by atoms with Crippen molar-refractivity contribution in [1.82, 2.24) is 10.2 Å². The molecule has 0 heterocycles. The molecule has 0 aliphatic rings. The molecule has 2 atom stereocenters. The number of nitrogens with zero attached hydrogens (tertiary/aromatic N) is 1. The quantitative estimate of drug-likeness (QED) is 0.242. The summed E-state index contributed by atoms with van der Waals surface area (Å²) >= 11 is 3.48. The Kier molecular flexibility index (Phi) is 11.2. The molecule has 3 rings (SSSR count). The molecule has 3 aromatic carbocycles. The fraction of sp³-hybridized carbons (Fsp3) is 0.355. The maximum atomic E-state index is 13.6. The van der Waals surface area contributed by atoms with Gasteiger partial charge in [0.05, 0.1) is 6.61 Å². The Hall–Kier alpha value is -3.12. The first-order valence-electron chi connectivity index (χ1n) is 12.9. The van der Waals surface area contributed by atoms with Crippen LogP contribution in [0.2, 0.25) is 0 Å². The van der Waals surface area contributed by atoms with E-state index in [2.05, 4.69) is 21.2 Å². The molecule has 0 fully saturated rings. The lowest BCUT2D eigenvalue weighted by Crippen LogP contribution is -2.52. The van der Waals surface area contributed by atoms with Gasteiger partial charge in [-0.1, -0.05) is 83.0 Å². The van der Waals surface area contributed by atoms with Gasteiger partial charge in [0, 0.05) is 29.9 Å². The van der Waals surface area contributed by atoms with Crippen molar-refractivity contribution in [1.29, 1.82) is 0 Å². The van der Waals surface area contributed by atoms with E-state index < -0.39 is 6.04 Å². The highest BCUT2D eigenvalue weighted by atomic mass is 79.9. The lowest BCUT2D eigenvalue weighted by Gasteiger charge is -2.32. The third kappa shape index (κ3) is 9.36. The number of amides is 2. The molecule has 0 spiro atoms. The molecule has 1 N–H and O–H groups in total. The maximum absolute atomic E-state index is 13.6. The lowest BCUT2D eigenvalue weighted by molar-refractivity contribution is -0.141. The number of benzene rings is 3. The molecule has 196 valence electrons. The van der Waals surface area contributed by atoms with Crippen molar-refractivity contribution in [3.8, 4) is 5.75 Å². The second-order valence-corrected chi connectivity index (χ2v) is 10.4. The van der Waals surface area contributed by atoms with Gasteiger partial charge in [-0.3, -0.25) is 9.59 Å². The predicted octanol–water partition coefficient (Wildman–Crippen LogP) is 6.47. The average molecular weight is 566 g/mol. The van der Waals surface area contributed by atoms with Crippen LogP contribution in [0.1, 0.15) is 49.8 Å². The molecule has 0 saturated carbocycles. The third-order valence-corrected chi connectivity index (χ3v) is 6.89. The van der Waals surface area contributed by atoms with Crippen molar-refractivity contribution in [3.63, 3.8) is 0 Å². The van der Waals surface area contributed by atoms with Crippen molar-refractivity contribution in [2.75, 3.05) is 6.61 Å². The number of nitrogens with one attached hydrogen (secondary N) is 1. The van der Waals surface area contributed by atoms with E-state index in [9.17, 15) is 9.59 Å². The van der Waals surface area contributed by atoms with Crippen LogP contribution in [0.4, 0.5) is 0 Å². The zero-order valence-electron chi connectivity index (χ0n) is 22.0. The SMILES string of the molecule is CC[C@@H](C)NC(=O)[C@H](Cc1ccccc1)N(Cc1ccc(Br)cc1)C(=O)CCCOc1ccc(C)cc1. The summed E-state index contributed by atoms with van der Waals surface area (Å²) in [6.45, 7) is 6.85. The van der Waals surface area contributed by atoms with Crippen LogP contribution in [-0.2, 0) is 22.6 Å². The van der Waals surface area contributed by atoms with Crippen LogP contribution in [0, 0.1) is 6.92 Å². The van der Waals surface area contributed by atoms with E-state index in [1.54, 1.807) is 4.90 Å². The number of aryl methyl sites for hydroxylation is 1. The van der Waals surface area contributed by atoms with Gasteiger partial charge in [0.15, 0.2) is 0 Å². The number of carbonyl (C=O) groups is 2. The van der Waals surface area contributed by atoms with Crippen molar-refractivity contribution < 1.29 is 14.3 Å². The normalized spacial score (nSPS) is 12.4. The number of hydrogen-bond acceptors (Lipinski definition) is 3. The number of hydrogen-bond donors (Lipinski definition) is 1. The Balaban J connectivity index is 1.78. The minimum Gasteiger partial charge on any atom is -0.494 e. The molecule has 0 saturated heterocycles. The fourth-order valence-electron chi connectivity index (χ4n) is 3.97. The summed E-state index contributed by atoms with van der Waals surface area (Å²) < 4.78 is 6.81. The third-order valence-electron chi connectivity index (χ3n) is 6.36. The summed E-state index contributed by atoms with van der Waals surface area (Å²) in [6, 6.07) is 25.0. The van der Waals surface area contributed by atoms with Crippen LogP contribution >= 0.6 is 15.9 Å². The molecule has 0 aliphatic heterocycles. The van der Waals surface area contributed by atoms with Gasteiger partial charge < -0.3 is 15.0 Å². The molecule has 3 aromatic rings. The highest BCUT2D eigenvalue weighted by Crippen LogP contribution is 2.19. The number of ether oxygens (including phenoxy) is 1. The average Bonchev–Trinajstić information content (AvgIpc) is 2.91. The molecule has 37 heavy (non-hydrogen) atoms. The highest BCUT2D eigenvalue weighted by molar-refractivity contribution is 9.10. The van der Waals surface area contributed by atoms with E-state index in [4.69, 9.17) is 4.74 Å². The molecule has 5 nitrogen and oxygen atoms in total. The van der Waals surface area contributed by atoms with Crippen LogP contribution in [0.25, 0.3) is 0 Å². The summed E-state index contributed by atoms with van der Waals surface area (Å²) in [4.78, 5) is 28.9. The standard InChI is InChI=1S/C31H37BrN2O3/c1-4-24(3)33-31(36)29(21-25-9-6-5-7-10-25)34(22-26-14-16-27(32)17-15-26)30(35)11-8-20-37-28-18-12-23(2)13-19-28/h5-7,9-10,12-19,24,29H,4,8,11,20-22H2,1-3H3,(H,33,36)/t24-,29+/m1/s1. The minimum absolute atomic E-state index is 0.0262. The summed E-state index contributed by atoms with van der Waals surface area (Å²) in [5.41, 5.74) is 3.16. The summed E-state index contributed by atoms with van der Waals surface area (Å²) in [7, 11) is 0. The number of rotatable bonds is 13. The van der Waals surface area contributed by atoms with Crippen LogP contribution < -0.4 is 10.1 Å². The summed E-state index contributed by atoms with van der Waals surface area (Å²) in [5, 5.41) is 3.11. The molecule has 0 aromatic heterocycles. The van der Waals surface area contributed by atoms with Gasteiger partial charge in [0.25, 0.3) is 0 Å². The zero-order chi connectivity index (χ0) is 26.6. The fourth-order valence-corrected chi connectivity index (χ4v) is 4.24. The first-order valence-corrected chi connectivity index (χ1v) is 13.7. The Labute approximate surface area is 229 Å². The predicted molar refractivity (Wildman–Crippen MR) is 152 cm³/mol. The lowest BCUT2D eigenvalue weighted by atomic mass is 10.0. The second-order valence-electron chi connectivity index (χ2n) is 9.44. The van der Waals surface area contributed by atoms with Crippen molar-refractivity contribution >= 4 is 27.7 Å². The van der Waals surface area contributed by atoms with Crippen LogP contribution in [0.3, 0.4) is 0 Å². The van der Waals surface area contributed by atoms with E-state index >= 15 is 0 Å². The summed E-state index contributed by atoms with van der Waals surface area (Å²) in [6.07, 6.45) is 2.13. The van der Waals surface area contributed by atoms with Crippen LogP contribution in [-0.4, -0.2) is 35.4 Å². The maximum Gasteiger partial charge on any atom is 0.243 e. The van der Waals surface area contributed by atoms with E-state index in [0.29, 0.717) is 32.4 Å². The van der Waals surface area contributed by atoms with Gasteiger partial charge in [-0.2, -0.15) is 0 Å². The molecule has 0 bridgehead atoms. The van der Waals surface area contributed by atoms with Crippen molar-refractivity contribution in [2.45, 2.75) is 65.1 Å². The first kappa shape index (κ1) is 28.5. The van der Waals surface area contributed by atoms with Gasteiger partial charge in [0.1, 0.15) is 11.8 Å². The van der Waals surface area contributed by atoms with Gasteiger partial charge in [-0.05, 0) is 62.1 Å². The van der Waals surface area contributed by atoms with Gasteiger partial charge in [-0.25, -0.2) is 0 Å². The molecule has 0 radical (unpaired) electrons.